The summed E-state index contributed by atoms with van der Waals surface area (Å²) in [6.07, 6.45) is 2.59. The number of piperazine rings is 1. The number of carbonyl (C=O) groups is 1. The lowest BCUT2D eigenvalue weighted by molar-refractivity contribution is 0.0215. The molecule has 2 saturated heterocycles. The zero-order valence-corrected chi connectivity index (χ0v) is 12.7. The highest BCUT2D eigenvalue weighted by Crippen LogP contribution is 2.35. The van der Waals surface area contributed by atoms with Crippen LogP contribution in [0.5, 0.6) is 0 Å². The largest absolute Gasteiger partial charge is 0.444 e. The summed E-state index contributed by atoms with van der Waals surface area (Å²) in [4.78, 5) is 20.5. The van der Waals surface area contributed by atoms with Crippen LogP contribution in [0.3, 0.4) is 0 Å². The maximum Gasteiger partial charge on any atom is 0.410 e. The van der Waals surface area contributed by atoms with Crippen molar-refractivity contribution in [3.8, 4) is 0 Å². The Morgan fingerprint density at radius 2 is 2.10 bits per heavy atom. The number of nitrogens with two attached hydrogens (primary N) is 1. The van der Waals surface area contributed by atoms with Gasteiger partial charge in [0.05, 0.1) is 17.9 Å². The fourth-order valence-electron chi connectivity index (χ4n) is 3.09. The first-order valence-corrected chi connectivity index (χ1v) is 7.31. The van der Waals surface area contributed by atoms with Crippen molar-refractivity contribution in [1.29, 1.82) is 0 Å². The maximum absolute atomic E-state index is 12.2. The number of aromatic nitrogens is 1. The number of hydrogen-bond donors (Lipinski definition) is 1. The van der Waals surface area contributed by atoms with Crippen LogP contribution in [0.2, 0.25) is 0 Å². The zero-order chi connectivity index (χ0) is 15.2. The molecular weight excluding hydrogens is 268 g/mol. The average molecular weight is 290 g/mol. The van der Waals surface area contributed by atoms with E-state index >= 15 is 0 Å². The van der Waals surface area contributed by atoms with E-state index in [4.69, 9.17) is 10.5 Å². The Balaban J connectivity index is 1.66. The summed E-state index contributed by atoms with van der Waals surface area (Å²) in [6, 6.07) is 4.36. The first-order chi connectivity index (χ1) is 9.83. The Labute approximate surface area is 124 Å². The van der Waals surface area contributed by atoms with Crippen LogP contribution >= 0.6 is 0 Å². The molecule has 0 radical (unpaired) electrons. The SMILES string of the molecule is CC(C)(C)OC(=O)N1C[C@@H]2C[C@H]1CN2c1ccc(N)nc1. The van der Waals surface area contributed by atoms with Crippen LogP contribution in [0.25, 0.3) is 0 Å². The lowest BCUT2D eigenvalue weighted by atomic mass is 10.2. The quantitative estimate of drug-likeness (QED) is 0.854. The van der Waals surface area contributed by atoms with Crippen molar-refractivity contribution in [1.82, 2.24) is 9.88 Å². The molecule has 114 valence electrons. The predicted molar refractivity (Wildman–Crippen MR) is 81.1 cm³/mol. The van der Waals surface area contributed by atoms with Gasteiger partial charge in [0.2, 0.25) is 0 Å². The highest BCUT2D eigenvalue weighted by Gasteiger charge is 2.46. The first kappa shape index (κ1) is 14.0. The molecule has 2 fully saturated rings. The Hall–Kier alpha value is -1.98. The number of amides is 1. The Morgan fingerprint density at radius 3 is 2.62 bits per heavy atom. The van der Waals surface area contributed by atoms with Crippen molar-refractivity contribution in [2.24, 2.45) is 0 Å². The molecule has 2 bridgehead atoms. The van der Waals surface area contributed by atoms with E-state index in [1.807, 2.05) is 37.8 Å². The molecule has 21 heavy (non-hydrogen) atoms. The Bertz CT molecular complexity index is 538. The molecule has 0 unspecified atom stereocenters. The minimum absolute atomic E-state index is 0.204. The number of ether oxygens (including phenoxy) is 1. The molecule has 2 aliphatic heterocycles. The number of nitrogens with zero attached hydrogens (tertiary/aromatic N) is 3. The van der Waals surface area contributed by atoms with Gasteiger partial charge in [0.1, 0.15) is 11.4 Å². The number of likely N-dealkylation sites (tertiary alicyclic amines) is 1. The lowest BCUT2D eigenvalue weighted by Gasteiger charge is -2.36. The number of hydrogen-bond acceptors (Lipinski definition) is 5. The van der Waals surface area contributed by atoms with Gasteiger partial charge >= 0.3 is 6.09 Å². The number of carbonyl (C=O) groups excluding carboxylic acids is 1. The minimum Gasteiger partial charge on any atom is -0.444 e. The minimum atomic E-state index is -0.445. The smallest absolute Gasteiger partial charge is 0.410 e. The molecule has 3 heterocycles. The van der Waals surface area contributed by atoms with Gasteiger partial charge < -0.3 is 20.3 Å². The fraction of sp³-hybridized carbons (Fsp3) is 0.600. The molecule has 0 saturated carbocycles. The summed E-state index contributed by atoms with van der Waals surface area (Å²) in [5.41, 5.74) is 6.25. The van der Waals surface area contributed by atoms with Gasteiger partial charge in [0.25, 0.3) is 0 Å². The van der Waals surface area contributed by atoms with Gasteiger partial charge in [-0.3, -0.25) is 0 Å². The summed E-state index contributed by atoms with van der Waals surface area (Å²) in [7, 11) is 0. The monoisotopic (exact) mass is 290 g/mol. The molecule has 2 aliphatic rings. The molecule has 2 atom stereocenters. The second-order valence-electron chi connectivity index (χ2n) is 6.77. The first-order valence-electron chi connectivity index (χ1n) is 7.31. The van der Waals surface area contributed by atoms with E-state index in [1.54, 1.807) is 6.20 Å². The number of anilines is 2. The van der Waals surface area contributed by atoms with E-state index in [0.717, 1.165) is 18.7 Å². The van der Waals surface area contributed by atoms with Gasteiger partial charge in [-0.25, -0.2) is 9.78 Å². The standard InChI is InChI=1S/C15H22N4O2/c1-15(2,3)21-14(20)19-9-11-6-12(19)8-18(11)10-4-5-13(16)17-7-10/h4-5,7,11-12H,6,8-9H2,1-3H3,(H2,16,17)/t11-,12-/m0/s1. The highest BCUT2D eigenvalue weighted by molar-refractivity contribution is 5.70. The zero-order valence-electron chi connectivity index (χ0n) is 12.7. The normalized spacial score (nSPS) is 24.5. The number of pyridine rings is 1. The van der Waals surface area contributed by atoms with Crippen LogP contribution in [-0.4, -0.2) is 46.8 Å². The highest BCUT2D eigenvalue weighted by atomic mass is 16.6. The fourth-order valence-corrected chi connectivity index (χ4v) is 3.09. The summed E-state index contributed by atoms with van der Waals surface area (Å²) >= 11 is 0. The predicted octanol–water partition coefficient (Wildman–Crippen LogP) is 1.86. The van der Waals surface area contributed by atoms with E-state index in [9.17, 15) is 4.79 Å². The molecular formula is C15H22N4O2. The molecule has 2 N–H and O–H groups in total. The molecule has 1 amide bonds. The van der Waals surface area contributed by atoms with Crippen LogP contribution in [0.1, 0.15) is 27.2 Å². The maximum atomic E-state index is 12.2. The van der Waals surface area contributed by atoms with Crippen molar-refractivity contribution in [2.45, 2.75) is 44.9 Å². The van der Waals surface area contributed by atoms with Crippen molar-refractivity contribution in [3.05, 3.63) is 18.3 Å². The third-order valence-corrected chi connectivity index (χ3v) is 3.97. The molecule has 3 rings (SSSR count). The van der Waals surface area contributed by atoms with Gasteiger partial charge in [0, 0.05) is 19.1 Å². The number of rotatable bonds is 1. The number of nitrogen functional groups attached to an aromatic ring is 1. The van der Waals surface area contributed by atoms with Crippen LogP contribution in [0.4, 0.5) is 16.3 Å². The molecule has 0 spiro atoms. The van der Waals surface area contributed by atoms with Crippen molar-refractivity contribution >= 4 is 17.6 Å². The van der Waals surface area contributed by atoms with Crippen molar-refractivity contribution in [2.75, 3.05) is 23.7 Å². The van der Waals surface area contributed by atoms with E-state index in [-0.39, 0.29) is 12.1 Å². The van der Waals surface area contributed by atoms with E-state index < -0.39 is 5.60 Å². The van der Waals surface area contributed by atoms with E-state index in [1.165, 1.54) is 0 Å². The lowest BCUT2D eigenvalue weighted by Crippen LogP contribution is -2.50. The van der Waals surface area contributed by atoms with Crippen molar-refractivity contribution in [3.63, 3.8) is 0 Å². The molecule has 0 aliphatic carbocycles. The Morgan fingerprint density at radius 1 is 1.33 bits per heavy atom. The molecule has 6 heteroatoms. The van der Waals surface area contributed by atoms with E-state index in [2.05, 4.69) is 9.88 Å². The Kier molecular flexibility index (Phi) is 3.19. The van der Waals surface area contributed by atoms with Crippen molar-refractivity contribution < 1.29 is 9.53 Å². The van der Waals surface area contributed by atoms with E-state index in [0.29, 0.717) is 18.4 Å². The van der Waals surface area contributed by atoms with Gasteiger partial charge in [-0.1, -0.05) is 0 Å². The third-order valence-electron chi connectivity index (χ3n) is 3.97. The third kappa shape index (κ3) is 2.75. The van der Waals surface area contributed by atoms with Crippen LogP contribution in [0, 0.1) is 0 Å². The topological polar surface area (TPSA) is 71.7 Å². The van der Waals surface area contributed by atoms with Crippen LogP contribution in [-0.2, 0) is 4.74 Å². The molecule has 6 nitrogen and oxygen atoms in total. The molecule has 0 aromatic carbocycles. The van der Waals surface area contributed by atoms with Gasteiger partial charge in [-0.05, 0) is 39.3 Å². The summed E-state index contributed by atoms with van der Waals surface area (Å²) in [6.45, 7) is 7.22. The summed E-state index contributed by atoms with van der Waals surface area (Å²) < 4.78 is 5.47. The molecule has 1 aromatic heterocycles. The van der Waals surface area contributed by atoms with Gasteiger partial charge in [0.15, 0.2) is 0 Å². The summed E-state index contributed by atoms with van der Waals surface area (Å²) in [5.74, 6) is 0.526. The van der Waals surface area contributed by atoms with Gasteiger partial charge in [-0.2, -0.15) is 0 Å². The van der Waals surface area contributed by atoms with Gasteiger partial charge in [-0.15, -0.1) is 0 Å². The average Bonchev–Trinajstić information content (AvgIpc) is 2.97. The van der Waals surface area contributed by atoms with Crippen LogP contribution in [0.15, 0.2) is 18.3 Å². The van der Waals surface area contributed by atoms with Crippen LogP contribution < -0.4 is 10.6 Å². The second kappa shape index (κ2) is 4.79. The molecule has 1 aromatic rings. The second-order valence-corrected chi connectivity index (χ2v) is 6.77. The number of fused-ring (bicyclic) bond motifs is 2. The summed E-state index contributed by atoms with van der Waals surface area (Å²) in [5, 5.41) is 0.